The Morgan fingerprint density at radius 2 is 2.12 bits per heavy atom. The van der Waals surface area contributed by atoms with Crippen LogP contribution in [0.5, 0.6) is 0 Å². The number of amides is 1. The minimum absolute atomic E-state index is 0.0728. The van der Waals surface area contributed by atoms with Gasteiger partial charge in [-0.05, 0) is 29.9 Å². The molecule has 0 aromatic carbocycles. The summed E-state index contributed by atoms with van der Waals surface area (Å²) in [4.78, 5) is 11.2. The number of thiophene rings is 1. The van der Waals surface area contributed by atoms with Crippen LogP contribution < -0.4 is 11.1 Å². The summed E-state index contributed by atoms with van der Waals surface area (Å²) in [6.45, 7) is 5.93. The third kappa shape index (κ3) is 3.47. The SMILES string of the molecule is CC(NC(C(N)=O)C(C)C)c1csc(Cl)c1. The number of primary amides is 1. The molecule has 0 fully saturated rings. The molecule has 0 saturated carbocycles. The number of carbonyl (C=O) groups excluding carboxylic acids is 1. The molecule has 1 aromatic rings. The maximum Gasteiger partial charge on any atom is 0.234 e. The molecular weight excluding hydrogens is 244 g/mol. The molecule has 0 aliphatic carbocycles. The lowest BCUT2D eigenvalue weighted by Gasteiger charge is -2.23. The molecule has 3 nitrogen and oxygen atoms in total. The summed E-state index contributed by atoms with van der Waals surface area (Å²) in [5.74, 6) is -0.141. The smallest absolute Gasteiger partial charge is 0.234 e. The van der Waals surface area contributed by atoms with Crippen molar-refractivity contribution in [3.8, 4) is 0 Å². The summed E-state index contributed by atoms with van der Waals surface area (Å²) >= 11 is 7.35. The topological polar surface area (TPSA) is 55.1 Å². The second-order valence-electron chi connectivity index (χ2n) is 4.20. The first-order chi connectivity index (χ1) is 7.41. The molecule has 0 spiro atoms. The second kappa shape index (κ2) is 5.66. The molecule has 1 amide bonds. The van der Waals surface area contributed by atoms with Crippen LogP contribution >= 0.6 is 22.9 Å². The monoisotopic (exact) mass is 260 g/mol. The fourth-order valence-electron chi connectivity index (χ4n) is 1.52. The van der Waals surface area contributed by atoms with Crippen molar-refractivity contribution in [2.45, 2.75) is 32.9 Å². The van der Waals surface area contributed by atoms with Crippen molar-refractivity contribution in [3.63, 3.8) is 0 Å². The number of hydrogen-bond acceptors (Lipinski definition) is 3. The van der Waals surface area contributed by atoms with Crippen molar-refractivity contribution >= 4 is 28.8 Å². The molecule has 0 aliphatic rings. The molecule has 1 rings (SSSR count). The van der Waals surface area contributed by atoms with Gasteiger partial charge in [-0.1, -0.05) is 25.4 Å². The minimum Gasteiger partial charge on any atom is -0.368 e. The van der Waals surface area contributed by atoms with E-state index in [-0.39, 0.29) is 23.9 Å². The summed E-state index contributed by atoms with van der Waals surface area (Å²) in [5.41, 5.74) is 6.43. The quantitative estimate of drug-likeness (QED) is 0.855. The number of nitrogens with one attached hydrogen (secondary N) is 1. The molecule has 2 unspecified atom stereocenters. The summed E-state index contributed by atoms with van der Waals surface area (Å²) in [6, 6.07) is 1.67. The summed E-state index contributed by atoms with van der Waals surface area (Å²) in [5, 5.41) is 5.20. The molecule has 16 heavy (non-hydrogen) atoms. The van der Waals surface area contributed by atoms with Gasteiger partial charge in [-0.3, -0.25) is 10.1 Å². The highest BCUT2D eigenvalue weighted by molar-refractivity contribution is 7.14. The predicted molar refractivity (Wildman–Crippen MR) is 68.7 cm³/mol. The lowest BCUT2D eigenvalue weighted by atomic mass is 10.0. The zero-order valence-corrected chi connectivity index (χ0v) is 11.2. The Balaban J connectivity index is 2.68. The number of halogens is 1. The van der Waals surface area contributed by atoms with Crippen molar-refractivity contribution in [1.82, 2.24) is 5.32 Å². The summed E-state index contributed by atoms with van der Waals surface area (Å²) < 4.78 is 0.754. The van der Waals surface area contributed by atoms with E-state index in [1.165, 1.54) is 11.3 Å². The van der Waals surface area contributed by atoms with E-state index < -0.39 is 0 Å². The molecule has 1 heterocycles. The highest BCUT2D eigenvalue weighted by Crippen LogP contribution is 2.25. The molecule has 2 atom stereocenters. The van der Waals surface area contributed by atoms with Crippen molar-refractivity contribution in [2.75, 3.05) is 0 Å². The highest BCUT2D eigenvalue weighted by atomic mass is 35.5. The van der Waals surface area contributed by atoms with Crippen molar-refractivity contribution < 1.29 is 4.79 Å². The first-order valence-corrected chi connectivity index (χ1v) is 6.47. The van der Waals surface area contributed by atoms with Gasteiger partial charge in [0.05, 0.1) is 10.4 Å². The molecule has 0 aliphatic heterocycles. The first-order valence-electron chi connectivity index (χ1n) is 5.21. The molecule has 0 radical (unpaired) electrons. The summed E-state index contributed by atoms with van der Waals surface area (Å²) in [6.07, 6.45) is 0. The Bertz CT molecular complexity index is 365. The zero-order chi connectivity index (χ0) is 12.3. The van der Waals surface area contributed by atoms with Crippen LogP contribution in [0.3, 0.4) is 0 Å². The Morgan fingerprint density at radius 3 is 2.50 bits per heavy atom. The van der Waals surface area contributed by atoms with E-state index in [1.807, 2.05) is 32.2 Å². The first kappa shape index (κ1) is 13.5. The number of carbonyl (C=O) groups is 1. The minimum atomic E-state index is -0.317. The fraction of sp³-hybridized carbons (Fsp3) is 0.545. The molecule has 0 bridgehead atoms. The van der Waals surface area contributed by atoms with E-state index in [0.717, 1.165) is 9.90 Å². The van der Waals surface area contributed by atoms with Gasteiger partial charge in [0.1, 0.15) is 0 Å². The second-order valence-corrected chi connectivity index (χ2v) is 5.74. The van der Waals surface area contributed by atoms with Crippen molar-refractivity contribution in [3.05, 3.63) is 21.3 Å². The Morgan fingerprint density at radius 1 is 1.50 bits per heavy atom. The lowest BCUT2D eigenvalue weighted by molar-refractivity contribution is -0.121. The zero-order valence-electron chi connectivity index (χ0n) is 9.66. The standard InChI is InChI=1S/C11H17ClN2OS/c1-6(2)10(11(13)15)14-7(3)8-4-9(12)16-5-8/h4-7,10,14H,1-3H3,(H2,13,15). The highest BCUT2D eigenvalue weighted by Gasteiger charge is 2.22. The van der Waals surface area contributed by atoms with E-state index in [1.54, 1.807) is 0 Å². The molecule has 5 heteroatoms. The van der Waals surface area contributed by atoms with E-state index in [4.69, 9.17) is 17.3 Å². The Labute approximate surface area is 105 Å². The van der Waals surface area contributed by atoms with E-state index in [2.05, 4.69) is 5.32 Å². The van der Waals surface area contributed by atoms with Crippen LogP contribution in [0.25, 0.3) is 0 Å². The molecule has 1 aromatic heterocycles. The molecule has 90 valence electrons. The predicted octanol–water partition coefficient (Wildman–Crippen LogP) is 2.56. The van der Waals surface area contributed by atoms with Gasteiger partial charge in [0.25, 0.3) is 0 Å². The fourth-order valence-corrected chi connectivity index (χ4v) is 2.50. The van der Waals surface area contributed by atoms with E-state index in [0.29, 0.717) is 0 Å². The molecule has 3 N–H and O–H groups in total. The maximum absolute atomic E-state index is 11.2. The summed E-state index contributed by atoms with van der Waals surface area (Å²) in [7, 11) is 0. The van der Waals surface area contributed by atoms with Crippen LogP contribution in [-0.2, 0) is 4.79 Å². The van der Waals surface area contributed by atoms with Gasteiger partial charge in [0.2, 0.25) is 5.91 Å². The van der Waals surface area contributed by atoms with E-state index in [9.17, 15) is 4.79 Å². The molecule has 0 saturated heterocycles. The third-order valence-corrected chi connectivity index (χ3v) is 3.60. The van der Waals surface area contributed by atoms with Crippen LogP contribution in [-0.4, -0.2) is 11.9 Å². The van der Waals surface area contributed by atoms with Gasteiger partial charge in [0, 0.05) is 6.04 Å². The number of nitrogens with two attached hydrogens (primary N) is 1. The normalized spacial score (nSPS) is 15.1. The third-order valence-electron chi connectivity index (χ3n) is 2.49. The number of rotatable bonds is 5. The van der Waals surface area contributed by atoms with Gasteiger partial charge >= 0.3 is 0 Å². The van der Waals surface area contributed by atoms with Gasteiger partial charge in [-0.15, -0.1) is 11.3 Å². The van der Waals surface area contributed by atoms with Crippen LogP contribution in [0.2, 0.25) is 4.34 Å². The van der Waals surface area contributed by atoms with Crippen molar-refractivity contribution in [2.24, 2.45) is 11.7 Å². The largest absolute Gasteiger partial charge is 0.368 e. The Kier molecular flexibility index (Phi) is 4.77. The van der Waals surface area contributed by atoms with Crippen LogP contribution in [0, 0.1) is 5.92 Å². The van der Waals surface area contributed by atoms with Gasteiger partial charge in [-0.2, -0.15) is 0 Å². The average Bonchev–Trinajstić information content (AvgIpc) is 2.59. The van der Waals surface area contributed by atoms with Crippen LogP contribution in [0.15, 0.2) is 11.4 Å². The van der Waals surface area contributed by atoms with Gasteiger partial charge in [-0.25, -0.2) is 0 Å². The lowest BCUT2D eigenvalue weighted by Crippen LogP contribution is -2.45. The Hall–Kier alpha value is -0.580. The molecular formula is C11H17ClN2OS. The average molecular weight is 261 g/mol. The van der Waals surface area contributed by atoms with Gasteiger partial charge in [0.15, 0.2) is 0 Å². The van der Waals surface area contributed by atoms with Gasteiger partial charge < -0.3 is 5.73 Å². The number of hydrogen-bond donors (Lipinski definition) is 2. The maximum atomic E-state index is 11.2. The van der Waals surface area contributed by atoms with Crippen molar-refractivity contribution in [1.29, 1.82) is 0 Å². The van der Waals surface area contributed by atoms with Crippen LogP contribution in [0.4, 0.5) is 0 Å². The van der Waals surface area contributed by atoms with Crippen LogP contribution in [0.1, 0.15) is 32.4 Å². The van der Waals surface area contributed by atoms with E-state index >= 15 is 0 Å².